The topological polar surface area (TPSA) is 18.5 Å². The van der Waals surface area contributed by atoms with Gasteiger partial charge in [-0.05, 0) is 60.6 Å². The van der Waals surface area contributed by atoms with E-state index in [4.69, 9.17) is 9.47 Å². The van der Waals surface area contributed by atoms with E-state index in [1.54, 1.807) is 0 Å². The SMILES string of the molecule is CC.CCCCC(CC)OC(C)Oc1ccc(C(CC(C)(C)C)C(C)(C)C)cc1. The molecule has 1 aromatic rings. The molecular formula is C27H50O2. The first-order valence-electron chi connectivity index (χ1n) is 11.9. The van der Waals surface area contributed by atoms with Gasteiger partial charge in [-0.15, -0.1) is 0 Å². The molecule has 3 atom stereocenters. The quantitative estimate of drug-likeness (QED) is 0.361. The van der Waals surface area contributed by atoms with Gasteiger partial charge in [0.2, 0.25) is 0 Å². The van der Waals surface area contributed by atoms with Gasteiger partial charge >= 0.3 is 0 Å². The van der Waals surface area contributed by atoms with Crippen LogP contribution in [-0.2, 0) is 4.74 Å². The largest absolute Gasteiger partial charge is 0.465 e. The molecule has 0 saturated heterocycles. The van der Waals surface area contributed by atoms with Crippen molar-refractivity contribution < 1.29 is 9.47 Å². The van der Waals surface area contributed by atoms with Crippen LogP contribution in [0.25, 0.3) is 0 Å². The van der Waals surface area contributed by atoms with Crippen LogP contribution in [0.5, 0.6) is 5.75 Å². The summed E-state index contributed by atoms with van der Waals surface area (Å²) in [5.74, 6) is 1.42. The summed E-state index contributed by atoms with van der Waals surface area (Å²) in [5, 5.41) is 0. The molecule has 0 N–H and O–H groups in total. The van der Waals surface area contributed by atoms with Gasteiger partial charge in [0, 0.05) is 0 Å². The van der Waals surface area contributed by atoms with Crippen LogP contribution >= 0.6 is 0 Å². The first kappa shape index (κ1) is 28.0. The monoisotopic (exact) mass is 406 g/mol. The standard InChI is InChI=1S/C25H44O2.C2H6/c1-10-12-13-21(11-2)26-19(3)27-22-16-14-20(15-17-22)23(25(7,8)9)18-24(4,5)6;1-2/h14-17,19,21,23H,10-13,18H2,1-9H3;1-2H3. The molecule has 0 radical (unpaired) electrons. The predicted octanol–water partition coefficient (Wildman–Crippen LogP) is 8.99. The highest BCUT2D eigenvalue weighted by molar-refractivity contribution is 5.30. The van der Waals surface area contributed by atoms with E-state index in [0.29, 0.717) is 11.3 Å². The van der Waals surface area contributed by atoms with E-state index >= 15 is 0 Å². The molecule has 0 aliphatic carbocycles. The first-order chi connectivity index (χ1) is 13.5. The molecule has 1 rings (SSSR count). The summed E-state index contributed by atoms with van der Waals surface area (Å²) in [5.41, 5.74) is 1.94. The van der Waals surface area contributed by atoms with Gasteiger partial charge in [0.05, 0.1) is 6.10 Å². The molecule has 0 spiro atoms. The van der Waals surface area contributed by atoms with E-state index < -0.39 is 0 Å². The fourth-order valence-electron chi connectivity index (χ4n) is 3.61. The van der Waals surface area contributed by atoms with Gasteiger partial charge in [0.1, 0.15) is 5.75 Å². The van der Waals surface area contributed by atoms with E-state index in [1.165, 1.54) is 24.8 Å². The van der Waals surface area contributed by atoms with Crippen LogP contribution in [0.2, 0.25) is 0 Å². The average Bonchev–Trinajstić information content (AvgIpc) is 2.64. The van der Waals surface area contributed by atoms with Crippen molar-refractivity contribution in [3.05, 3.63) is 29.8 Å². The molecule has 0 aliphatic heterocycles. The predicted molar refractivity (Wildman–Crippen MR) is 129 cm³/mol. The Labute approximate surface area is 182 Å². The number of benzene rings is 1. The lowest BCUT2D eigenvalue weighted by Crippen LogP contribution is -2.24. The average molecular weight is 407 g/mol. The summed E-state index contributed by atoms with van der Waals surface area (Å²) in [6.45, 7) is 24.4. The van der Waals surface area contributed by atoms with Crippen LogP contribution in [0.15, 0.2) is 24.3 Å². The van der Waals surface area contributed by atoms with Gasteiger partial charge in [0.15, 0.2) is 6.29 Å². The highest BCUT2D eigenvalue weighted by Crippen LogP contribution is 2.43. The molecule has 0 bridgehead atoms. The highest BCUT2D eigenvalue weighted by atomic mass is 16.7. The summed E-state index contributed by atoms with van der Waals surface area (Å²) in [4.78, 5) is 0. The minimum Gasteiger partial charge on any atom is -0.465 e. The second-order valence-corrected chi connectivity index (χ2v) is 10.2. The van der Waals surface area contributed by atoms with E-state index in [2.05, 4.69) is 79.7 Å². The number of rotatable bonds is 10. The zero-order valence-electron chi connectivity index (χ0n) is 21.4. The molecule has 0 aliphatic rings. The van der Waals surface area contributed by atoms with Crippen molar-refractivity contribution >= 4 is 0 Å². The Bertz CT molecular complexity index is 519. The summed E-state index contributed by atoms with van der Waals surface area (Å²) >= 11 is 0. The van der Waals surface area contributed by atoms with Crippen molar-refractivity contribution in [3.63, 3.8) is 0 Å². The maximum atomic E-state index is 6.08. The van der Waals surface area contributed by atoms with Gasteiger partial charge in [-0.2, -0.15) is 0 Å². The Morgan fingerprint density at radius 3 is 1.86 bits per heavy atom. The number of hydrogen-bond acceptors (Lipinski definition) is 2. The first-order valence-corrected chi connectivity index (χ1v) is 11.9. The number of ether oxygens (including phenoxy) is 2. The molecule has 0 fully saturated rings. The molecular weight excluding hydrogens is 356 g/mol. The Morgan fingerprint density at radius 2 is 1.45 bits per heavy atom. The van der Waals surface area contributed by atoms with Gasteiger partial charge in [-0.1, -0.05) is 94.2 Å². The van der Waals surface area contributed by atoms with Crippen LogP contribution < -0.4 is 4.74 Å². The second kappa shape index (κ2) is 13.3. The molecule has 2 nitrogen and oxygen atoms in total. The van der Waals surface area contributed by atoms with E-state index in [1.807, 2.05) is 20.8 Å². The maximum Gasteiger partial charge on any atom is 0.197 e. The third kappa shape index (κ3) is 11.7. The van der Waals surface area contributed by atoms with Gasteiger partial charge < -0.3 is 9.47 Å². The van der Waals surface area contributed by atoms with Crippen LogP contribution in [0.1, 0.15) is 120 Å². The molecule has 0 amide bonds. The fraction of sp³-hybridized carbons (Fsp3) is 0.778. The van der Waals surface area contributed by atoms with Crippen LogP contribution in [0.4, 0.5) is 0 Å². The molecule has 170 valence electrons. The minimum absolute atomic E-state index is 0.217. The molecule has 0 aromatic heterocycles. The van der Waals surface area contributed by atoms with Crippen LogP contribution in [0, 0.1) is 10.8 Å². The Hall–Kier alpha value is -1.02. The number of hydrogen-bond donors (Lipinski definition) is 0. The van der Waals surface area contributed by atoms with Crippen molar-refractivity contribution in [3.8, 4) is 5.75 Å². The zero-order chi connectivity index (χ0) is 22.7. The Kier molecular flexibility index (Phi) is 12.8. The van der Waals surface area contributed by atoms with Crippen molar-refractivity contribution in [2.45, 2.75) is 127 Å². The molecule has 2 heteroatoms. The van der Waals surface area contributed by atoms with E-state index in [9.17, 15) is 0 Å². The normalized spacial score (nSPS) is 15.1. The summed E-state index contributed by atoms with van der Waals surface area (Å²) in [6.07, 6.45) is 5.81. The molecule has 1 aromatic carbocycles. The van der Waals surface area contributed by atoms with Crippen molar-refractivity contribution in [2.75, 3.05) is 0 Å². The second-order valence-electron chi connectivity index (χ2n) is 10.2. The van der Waals surface area contributed by atoms with E-state index in [0.717, 1.165) is 18.6 Å². The number of unbranched alkanes of at least 4 members (excludes halogenated alkanes) is 1. The van der Waals surface area contributed by atoms with Crippen LogP contribution in [-0.4, -0.2) is 12.4 Å². The molecule has 29 heavy (non-hydrogen) atoms. The Balaban J connectivity index is 0.00000379. The van der Waals surface area contributed by atoms with Gasteiger partial charge in [-0.25, -0.2) is 0 Å². The smallest absolute Gasteiger partial charge is 0.197 e. The summed E-state index contributed by atoms with van der Waals surface area (Å²) in [6, 6.07) is 8.67. The van der Waals surface area contributed by atoms with Crippen molar-refractivity contribution in [2.24, 2.45) is 10.8 Å². The third-order valence-electron chi connectivity index (χ3n) is 5.17. The van der Waals surface area contributed by atoms with Crippen molar-refractivity contribution in [1.82, 2.24) is 0 Å². The minimum atomic E-state index is -0.217. The van der Waals surface area contributed by atoms with Gasteiger partial charge in [0.25, 0.3) is 0 Å². The third-order valence-corrected chi connectivity index (χ3v) is 5.17. The lowest BCUT2D eigenvalue weighted by Gasteiger charge is -2.36. The lowest BCUT2D eigenvalue weighted by atomic mass is 9.69. The molecule has 3 unspecified atom stereocenters. The Morgan fingerprint density at radius 1 is 0.897 bits per heavy atom. The van der Waals surface area contributed by atoms with Crippen LogP contribution in [0.3, 0.4) is 0 Å². The van der Waals surface area contributed by atoms with E-state index in [-0.39, 0.29) is 17.8 Å². The maximum absolute atomic E-state index is 6.08. The molecule has 0 heterocycles. The summed E-state index contributed by atoms with van der Waals surface area (Å²) < 4.78 is 12.1. The van der Waals surface area contributed by atoms with Crippen molar-refractivity contribution in [1.29, 1.82) is 0 Å². The van der Waals surface area contributed by atoms with Gasteiger partial charge in [-0.3, -0.25) is 0 Å². The summed E-state index contributed by atoms with van der Waals surface area (Å²) in [7, 11) is 0. The zero-order valence-corrected chi connectivity index (χ0v) is 21.4. The fourth-order valence-corrected chi connectivity index (χ4v) is 3.61. The lowest BCUT2D eigenvalue weighted by molar-refractivity contribution is -0.111. The molecule has 0 saturated carbocycles. The highest BCUT2D eigenvalue weighted by Gasteiger charge is 2.30.